The SMILES string of the molecule is C=C(/C=C(\Nc1cccc(C#N)c1)C(=O)Nc1cc(C(O)c2cccc(C#N)c2)ccc1F)C(F)(F)F. The molecule has 186 valence electrons. The van der Waals surface area contributed by atoms with Crippen LogP contribution >= 0.6 is 0 Å². The van der Waals surface area contributed by atoms with Gasteiger partial charge in [0, 0.05) is 5.69 Å². The minimum absolute atomic E-state index is 0.137. The summed E-state index contributed by atoms with van der Waals surface area (Å²) in [4.78, 5) is 12.9. The van der Waals surface area contributed by atoms with E-state index in [1.54, 1.807) is 12.1 Å². The number of nitrogens with one attached hydrogen (secondary N) is 2. The standard InChI is InChI=1S/C27H18F4N4O2/c1-16(27(29,30)31)10-24(34-21-7-3-5-18(12-21)15-33)26(37)35-23-13-20(8-9-22(23)28)25(36)19-6-2-4-17(11-19)14-32/h2-13,25,34,36H,1H2,(H,35,37)/b24-10-. The van der Waals surface area contributed by atoms with E-state index in [1.165, 1.54) is 42.5 Å². The molecular weight excluding hydrogens is 488 g/mol. The molecule has 10 heteroatoms. The number of allylic oxidation sites excluding steroid dienone is 2. The molecule has 6 nitrogen and oxygen atoms in total. The molecule has 3 aromatic rings. The van der Waals surface area contributed by atoms with E-state index in [0.717, 1.165) is 12.1 Å². The first-order valence-corrected chi connectivity index (χ1v) is 10.6. The summed E-state index contributed by atoms with van der Waals surface area (Å²) < 4.78 is 53.9. The first kappa shape index (κ1) is 26.7. The number of carbonyl (C=O) groups excluding carboxylic acids is 1. The number of amides is 1. The number of benzene rings is 3. The maximum atomic E-state index is 14.5. The summed E-state index contributed by atoms with van der Waals surface area (Å²) in [5.74, 6) is -2.04. The molecule has 0 fully saturated rings. The van der Waals surface area contributed by atoms with Gasteiger partial charge in [0.05, 0.1) is 34.5 Å². The van der Waals surface area contributed by atoms with E-state index < -0.39 is 41.0 Å². The summed E-state index contributed by atoms with van der Waals surface area (Å²) in [6.07, 6.45) is -5.66. The zero-order valence-electron chi connectivity index (χ0n) is 19.0. The van der Waals surface area contributed by atoms with Gasteiger partial charge in [-0.2, -0.15) is 23.7 Å². The number of nitriles is 2. The zero-order chi connectivity index (χ0) is 27.2. The van der Waals surface area contributed by atoms with Gasteiger partial charge in [0.25, 0.3) is 5.91 Å². The average Bonchev–Trinajstić information content (AvgIpc) is 2.88. The third kappa shape index (κ3) is 6.82. The molecule has 0 radical (unpaired) electrons. The van der Waals surface area contributed by atoms with Crippen molar-refractivity contribution in [2.45, 2.75) is 12.3 Å². The molecule has 3 N–H and O–H groups in total. The number of hydrogen-bond acceptors (Lipinski definition) is 5. The van der Waals surface area contributed by atoms with Crippen molar-refractivity contribution >= 4 is 17.3 Å². The van der Waals surface area contributed by atoms with Gasteiger partial charge in [-0.05, 0) is 59.7 Å². The van der Waals surface area contributed by atoms with E-state index in [-0.39, 0.29) is 16.8 Å². The van der Waals surface area contributed by atoms with Crippen LogP contribution in [0, 0.1) is 28.5 Å². The molecule has 0 aliphatic heterocycles. The summed E-state index contributed by atoms with van der Waals surface area (Å²) in [5.41, 5.74) is -1.26. The number of halogens is 4. The second kappa shape index (κ2) is 11.2. The van der Waals surface area contributed by atoms with E-state index in [0.29, 0.717) is 17.2 Å². The number of rotatable bonds is 7. The average molecular weight is 506 g/mol. The van der Waals surface area contributed by atoms with Crippen molar-refractivity contribution < 1.29 is 27.5 Å². The molecule has 1 unspecified atom stereocenters. The van der Waals surface area contributed by atoms with Crippen LogP contribution in [0.15, 0.2) is 90.7 Å². The molecule has 0 heterocycles. The summed E-state index contributed by atoms with van der Waals surface area (Å²) >= 11 is 0. The lowest BCUT2D eigenvalue weighted by atomic mass is 9.99. The van der Waals surface area contributed by atoms with Crippen molar-refractivity contribution in [2.75, 3.05) is 10.6 Å². The number of aliphatic hydroxyl groups excluding tert-OH is 1. The number of carbonyl (C=O) groups is 1. The monoisotopic (exact) mass is 506 g/mol. The molecule has 1 atom stereocenters. The van der Waals surface area contributed by atoms with Gasteiger partial charge in [-0.25, -0.2) is 4.39 Å². The Hall–Kier alpha value is -4.93. The van der Waals surface area contributed by atoms with E-state index in [4.69, 9.17) is 10.5 Å². The number of aliphatic hydroxyl groups is 1. The molecular formula is C27H18F4N4O2. The molecule has 0 aromatic heterocycles. The third-order valence-electron chi connectivity index (χ3n) is 5.08. The van der Waals surface area contributed by atoms with Gasteiger partial charge in [-0.15, -0.1) is 0 Å². The van der Waals surface area contributed by atoms with Gasteiger partial charge in [0.2, 0.25) is 0 Å². The predicted octanol–water partition coefficient (Wildman–Crippen LogP) is 5.70. The second-order valence-electron chi connectivity index (χ2n) is 7.73. The Balaban J connectivity index is 1.93. The number of nitrogens with zero attached hydrogens (tertiary/aromatic N) is 2. The fraction of sp³-hybridized carbons (Fsp3) is 0.0741. The maximum absolute atomic E-state index is 14.5. The summed E-state index contributed by atoms with van der Waals surface area (Å²) in [7, 11) is 0. The topological polar surface area (TPSA) is 109 Å². The van der Waals surface area contributed by atoms with Gasteiger partial charge in [0.1, 0.15) is 17.6 Å². The highest BCUT2D eigenvalue weighted by molar-refractivity contribution is 6.06. The van der Waals surface area contributed by atoms with Crippen molar-refractivity contribution in [1.82, 2.24) is 0 Å². The fourth-order valence-corrected chi connectivity index (χ4v) is 3.21. The molecule has 3 aromatic carbocycles. The Morgan fingerprint density at radius 1 is 0.946 bits per heavy atom. The normalized spacial score (nSPS) is 12.1. The van der Waals surface area contributed by atoms with Gasteiger partial charge < -0.3 is 15.7 Å². The Morgan fingerprint density at radius 2 is 1.57 bits per heavy atom. The van der Waals surface area contributed by atoms with E-state index in [1.807, 2.05) is 12.1 Å². The molecule has 3 rings (SSSR count). The molecule has 0 aliphatic rings. The van der Waals surface area contributed by atoms with Crippen LogP contribution in [-0.4, -0.2) is 17.2 Å². The van der Waals surface area contributed by atoms with Crippen molar-refractivity contribution in [3.8, 4) is 12.1 Å². The van der Waals surface area contributed by atoms with Crippen molar-refractivity contribution in [3.05, 3.63) is 119 Å². The van der Waals surface area contributed by atoms with Gasteiger partial charge in [-0.1, -0.05) is 30.8 Å². The first-order valence-electron chi connectivity index (χ1n) is 10.6. The molecule has 1 amide bonds. The van der Waals surface area contributed by atoms with E-state index in [9.17, 15) is 27.5 Å². The largest absolute Gasteiger partial charge is 0.415 e. The van der Waals surface area contributed by atoms with E-state index in [2.05, 4.69) is 17.2 Å². The quantitative estimate of drug-likeness (QED) is 0.216. The van der Waals surface area contributed by atoms with Gasteiger partial charge >= 0.3 is 6.18 Å². The lowest BCUT2D eigenvalue weighted by molar-refractivity contribution is -0.112. The Bertz CT molecular complexity index is 1470. The summed E-state index contributed by atoms with van der Waals surface area (Å²) in [5, 5.41) is 33.5. The lowest BCUT2D eigenvalue weighted by Gasteiger charge is -2.16. The molecule has 0 saturated carbocycles. The zero-order valence-corrected chi connectivity index (χ0v) is 19.0. The number of hydrogen-bond donors (Lipinski definition) is 3. The van der Waals surface area contributed by atoms with Crippen LogP contribution in [0.1, 0.15) is 28.4 Å². The molecule has 0 saturated heterocycles. The highest BCUT2D eigenvalue weighted by Crippen LogP contribution is 2.29. The number of alkyl halides is 3. The van der Waals surface area contributed by atoms with Crippen molar-refractivity contribution in [1.29, 1.82) is 10.5 Å². The van der Waals surface area contributed by atoms with E-state index >= 15 is 0 Å². The smallest absolute Gasteiger partial charge is 0.384 e. The molecule has 37 heavy (non-hydrogen) atoms. The van der Waals surface area contributed by atoms with Crippen LogP contribution in [-0.2, 0) is 4.79 Å². The molecule has 0 bridgehead atoms. The minimum Gasteiger partial charge on any atom is -0.384 e. The van der Waals surface area contributed by atoms with Crippen LogP contribution in [0.4, 0.5) is 28.9 Å². The van der Waals surface area contributed by atoms with Gasteiger partial charge in [0.15, 0.2) is 0 Å². The van der Waals surface area contributed by atoms with Crippen LogP contribution < -0.4 is 10.6 Å². The van der Waals surface area contributed by atoms with Gasteiger partial charge in [-0.3, -0.25) is 4.79 Å². The maximum Gasteiger partial charge on any atom is 0.415 e. The molecule has 0 spiro atoms. The minimum atomic E-state index is -4.84. The molecule has 0 aliphatic carbocycles. The van der Waals surface area contributed by atoms with Crippen LogP contribution in [0.5, 0.6) is 0 Å². The Labute approximate surface area is 209 Å². The van der Waals surface area contributed by atoms with Crippen LogP contribution in [0.25, 0.3) is 0 Å². The lowest BCUT2D eigenvalue weighted by Crippen LogP contribution is -2.22. The summed E-state index contributed by atoms with van der Waals surface area (Å²) in [6.45, 7) is 2.93. The van der Waals surface area contributed by atoms with Crippen molar-refractivity contribution in [3.63, 3.8) is 0 Å². The second-order valence-corrected chi connectivity index (χ2v) is 7.73. The van der Waals surface area contributed by atoms with Crippen molar-refractivity contribution in [2.24, 2.45) is 0 Å². The van der Waals surface area contributed by atoms with Crippen LogP contribution in [0.3, 0.4) is 0 Å². The highest BCUT2D eigenvalue weighted by Gasteiger charge is 2.31. The Morgan fingerprint density at radius 3 is 2.22 bits per heavy atom. The number of anilines is 2. The third-order valence-corrected chi connectivity index (χ3v) is 5.08. The predicted molar refractivity (Wildman–Crippen MR) is 128 cm³/mol. The highest BCUT2D eigenvalue weighted by atomic mass is 19.4. The summed E-state index contributed by atoms with van der Waals surface area (Å²) in [6, 6.07) is 18.9. The fourth-order valence-electron chi connectivity index (χ4n) is 3.21. The first-order chi connectivity index (χ1) is 17.5. The van der Waals surface area contributed by atoms with Crippen LogP contribution in [0.2, 0.25) is 0 Å². The Kier molecular flexibility index (Phi) is 8.08.